The lowest BCUT2D eigenvalue weighted by atomic mass is 10.1. The molecule has 1 N–H and O–H groups in total. The Labute approximate surface area is 122 Å². The van der Waals surface area contributed by atoms with Gasteiger partial charge in [-0.15, -0.1) is 0 Å². The van der Waals surface area contributed by atoms with Crippen molar-refractivity contribution in [2.45, 2.75) is 31.8 Å². The van der Waals surface area contributed by atoms with E-state index in [1.165, 1.54) is 31.6 Å². The van der Waals surface area contributed by atoms with Gasteiger partial charge in [0.1, 0.15) is 0 Å². The molecule has 0 spiro atoms. The highest BCUT2D eigenvalue weighted by Gasteiger charge is 2.28. The van der Waals surface area contributed by atoms with Gasteiger partial charge < -0.3 is 10.2 Å². The number of aromatic nitrogens is 1. The van der Waals surface area contributed by atoms with E-state index in [1.807, 2.05) is 12.3 Å². The molecular weight excluding hydrogens is 248 g/mol. The average molecular weight is 274 g/mol. The Balaban J connectivity index is 1.75. The van der Waals surface area contributed by atoms with Crippen LogP contribution in [-0.4, -0.2) is 60.1 Å². The Morgan fingerprint density at radius 1 is 1.30 bits per heavy atom. The molecule has 0 radical (unpaired) electrons. The Bertz CT molecular complexity index is 402. The van der Waals surface area contributed by atoms with Crippen molar-refractivity contribution in [3.63, 3.8) is 0 Å². The molecule has 1 aromatic heterocycles. The van der Waals surface area contributed by atoms with Gasteiger partial charge in [-0.05, 0) is 45.0 Å². The topological polar surface area (TPSA) is 31.4 Å². The first-order valence-electron chi connectivity index (χ1n) is 7.93. The third-order valence-electron chi connectivity index (χ3n) is 4.50. The number of pyridine rings is 1. The van der Waals surface area contributed by atoms with E-state index >= 15 is 0 Å². The van der Waals surface area contributed by atoms with Crippen LogP contribution in [0.3, 0.4) is 0 Å². The number of hydrogen-bond acceptors (Lipinski definition) is 4. The molecule has 0 saturated carbocycles. The highest BCUT2D eigenvalue weighted by atomic mass is 15.3. The minimum atomic E-state index is 0.443. The van der Waals surface area contributed by atoms with Crippen LogP contribution in [0, 0.1) is 0 Å². The van der Waals surface area contributed by atoms with Crippen LogP contribution >= 0.6 is 0 Å². The molecule has 2 saturated heterocycles. The standard InChI is InChI=1S/C16H26N4/c1-14-12-20(11-8-17-14)16(13-19-9-4-5-10-19)15-6-2-3-7-18-15/h2-3,6-7,14,16-17H,4-5,8-13H2,1H3. The first-order chi connectivity index (χ1) is 9.83. The van der Waals surface area contributed by atoms with E-state index in [4.69, 9.17) is 0 Å². The largest absolute Gasteiger partial charge is 0.312 e. The molecule has 0 aromatic carbocycles. The Morgan fingerprint density at radius 2 is 2.15 bits per heavy atom. The third kappa shape index (κ3) is 3.37. The van der Waals surface area contributed by atoms with Crippen molar-refractivity contribution < 1.29 is 0 Å². The summed E-state index contributed by atoms with van der Waals surface area (Å²) in [7, 11) is 0. The van der Waals surface area contributed by atoms with Gasteiger partial charge in [0.05, 0.1) is 11.7 Å². The van der Waals surface area contributed by atoms with Gasteiger partial charge >= 0.3 is 0 Å². The van der Waals surface area contributed by atoms with E-state index in [9.17, 15) is 0 Å². The minimum Gasteiger partial charge on any atom is -0.312 e. The maximum atomic E-state index is 4.63. The molecule has 0 bridgehead atoms. The van der Waals surface area contributed by atoms with Crippen molar-refractivity contribution in [1.29, 1.82) is 0 Å². The number of likely N-dealkylation sites (tertiary alicyclic amines) is 1. The van der Waals surface area contributed by atoms with Gasteiger partial charge in [-0.3, -0.25) is 9.88 Å². The number of nitrogens with one attached hydrogen (secondary N) is 1. The molecule has 2 aliphatic rings. The second-order valence-corrected chi connectivity index (χ2v) is 6.13. The lowest BCUT2D eigenvalue weighted by Crippen LogP contribution is -2.52. The maximum Gasteiger partial charge on any atom is 0.0650 e. The summed E-state index contributed by atoms with van der Waals surface area (Å²) in [5, 5.41) is 3.54. The third-order valence-corrected chi connectivity index (χ3v) is 4.50. The fraction of sp³-hybridized carbons (Fsp3) is 0.688. The van der Waals surface area contributed by atoms with Crippen molar-refractivity contribution in [2.75, 3.05) is 39.3 Å². The van der Waals surface area contributed by atoms with E-state index in [1.54, 1.807) is 0 Å². The predicted octanol–water partition coefficient (Wildman–Crippen LogP) is 1.51. The molecule has 4 nitrogen and oxygen atoms in total. The molecule has 2 aliphatic heterocycles. The molecule has 3 rings (SSSR count). The fourth-order valence-electron chi connectivity index (χ4n) is 3.42. The highest BCUT2D eigenvalue weighted by Crippen LogP contribution is 2.23. The van der Waals surface area contributed by atoms with Crippen LogP contribution < -0.4 is 5.32 Å². The first-order valence-corrected chi connectivity index (χ1v) is 7.93. The molecule has 2 fully saturated rings. The summed E-state index contributed by atoms with van der Waals surface area (Å²) >= 11 is 0. The quantitative estimate of drug-likeness (QED) is 0.902. The zero-order chi connectivity index (χ0) is 13.8. The molecule has 2 atom stereocenters. The number of rotatable bonds is 4. The minimum absolute atomic E-state index is 0.443. The van der Waals surface area contributed by atoms with Gasteiger partial charge in [0, 0.05) is 38.4 Å². The van der Waals surface area contributed by atoms with Crippen LogP contribution in [0.25, 0.3) is 0 Å². The van der Waals surface area contributed by atoms with Crippen molar-refractivity contribution in [1.82, 2.24) is 20.1 Å². The van der Waals surface area contributed by atoms with Crippen LogP contribution in [-0.2, 0) is 0 Å². The molecule has 2 unspecified atom stereocenters. The van der Waals surface area contributed by atoms with E-state index < -0.39 is 0 Å². The lowest BCUT2D eigenvalue weighted by Gasteiger charge is -2.39. The van der Waals surface area contributed by atoms with Crippen molar-refractivity contribution in [3.05, 3.63) is 30.1 Å². The Hall–Kier alpha value is -0.970. The molecule has 0 amide bonds. The smallest absolute Gasteiger partial charge is 0.0650 e. The van der Waals surface area contributed by atoms with E-state index in [0.29, 0.717) is 12.1 Å². The average Bonchev–Trinajstić information content (AvgIpc) is 2.99. The number of hydrogen-bond donors (Lipinski definition) is 1. The van der Waals surface area contributed by atoms with Gasteiger partial charge in [0.2, 0.25) is 0 Å². The zero-order valence-electron chi connectivity index (χ0n) is 12.5. The van der Waals surface area contributed by atoms with Crippen LogP contribution in [0.2, 0.25) is 0 Å². The molecule has 110 valence electrons. The molecule has 20 heavy (non-hydrogen) atoms. The Morgan fingerprint density at radius 3 is 2.85 bits per heavy atom. The van der Waals surface area contributed by atoms with Gasteiger partial charge in [-0.1, -0.05) is 6.07 Å². The second-order valence-electron chi connectivity index (χ2n) is 6.13. The molecule has 3 heterocycles. The SMILES string of the molecule is CC1CN(C(CN2CCCC2)c2ccccn2)CCN1. The second kappa shape index (κ2) is 6.66. The summed E-state index contributed by atoms with van der Waals surface area (Å²) in [4.78, 5) is 9.85. The van der Waals surface area contributed by atoms with E-state index in [-0.39, 0.29) is 0 Å². The monoisotopic (exact) mass is 274 g/mol. The molecule has 0 aliphatic carbocycles. The summed E-state index contributed by atoms with van der Waals surface area (Å²) in [6.07, 6.45) is 4.64. The summed E-state index contributed by atoms with van der Waals surface area (Å²) in [5.41, 5.74) is 1.23. The van der Waals surface area contributed by atoms with Crippen LogP contribution in [0.5, 0.6) is 0 Å². The normalized spacial score (nSPS) is 26.8. The van der Waals surface area contributed by atoms with Crippen molar-refractivity contribution in [3.8, 4) is 0 Å². The van der Waals surface area contributed by atoms with E-state index in [2.05, 4.69) is 39.2 Å². The lowest BCUT2D eigenvalue weighted by molar-refractivity contribution is 0.115. The molecule has 1 aromatic rings. The molecular formula is C16H26N4. The number of piperazine rings is 1. The van der Waals surface area contributed by atoms with Gasteiger partial charge in [0.15, 0.2) is 0 Å². The van der Waals surface area contributed by atoms with Crippen molar-refractivity contribution in [2.24, 2.45) is 0 Å². The predicted molar refractivity (Wildman–Crippen MR) is 81.7 cm³/mol. The van der Waals surface area contributed by atoms with Gasteiger partial charge in [-0.25, -0.2) is 0 Å². The van der Waals surface area contributed by atoms with Crippen LogP contribution in [0.1, 0.15) is 31.5 Å². The highest BCUT2D eigenvalue weighted by molar-refractivity contribution is 5.10. The van der Waals surface area contributed by atoms with Crippen LogP contribution in [0.15, 0.2) is 24.4 Å². The van der Waals surface area contributed by atoms with Crippen LogP contribution in [0.4, 0.5) is 0 Å². The summed E-state index contributed by atoms with van der Waals surface area (Å²) in [5.74, 6) is 0. The molecule has 4 heteroatoms. The Kier molecular flexibility index (Phi) is 4.65. The van der Waals surface area contributed by atoms with Gasteiger partial charge in [-0.2, -0.15) is 0 Å². The van der Waals surface area contributed by atoms with Crippen molar-refractivity contribution >= 4 is 0 Å². The maximum absolute atomic E-state index is 4.63. The first kappa shape index (κ1) is 14.0. The fourth-order valence-corrected chi connectivity index (χ4v) is 3.42. The summed E-state index contributed by atoms with van der Waals surface area (Å²) in [6.45, 7) is 9.25. The summed E-state index contributed by atoms with van der Waals surface area (Å²) in [6, 6.07) is 7.34. The van der Waals surface area contributed by atoms with Gasteiger partial charge in [0.25, 0.3) is 0 Å². The van der Waals surface area contributed by atoms with E-state index in [0.717, 1.165) is 26.2 Å². The number of nitrogens with zero attached hydrogens (tertiary/aromatic N) is 3. The summed E-state index contributed by atoms with van der Waals surface area (Å²) < 4.78 is 0. The zero-order valence-corrected chi connectivity index (χ0v) is 12.5.